The summed E-state index contributed by atoms with van der Waals surface area (Å²) >= 11 is 0. The van der Waals surface area contributed by atoms with Gasteiger partial charge in [-0.15, -0.1) is 0 Å². The van der Waals surface area contributed by atoms with E-state index in [2.05, 4.69) is 17.2 Å². The zero-order valence-corrected chi connectivity index (χ0v) is 13.2. The van der Waals surface area contributed by atoms with E-state index < -0.39 is 11.2 Å². The topological polar surface area (TPSA) is 110 Å². The summed E-state index contributed by atoms with van der Waals surface area (Å²) in [5.41, 5.74) is 5.03. The number of H-pyrrole nitrogens is 1. The van der Waals surface area contributed by atoms with Crippen LogP contribution in [0.1, 0.15) is 26.2 Å². The molecule has 2 aromatic rings. The van der Waals surface area contributed by atoms with E-state index in [-0.39, 0.29) is 18.5 Å². The van der Waals surface area contributed by atoms with E-state index >= 15 is 0 Å². The highest BCUT2D eigenvalue weighted by atomic mass is 16.2. The number of amides is 1. The van der Waals surface area contributed by atoms with Crippen LogP contribution in [0, 0.1) is 0 Å². The summed E-state index contributed by atoms with van der Waals surface area (Å²) in [6.45, 7) is 2.07. The first-order valence-corrected chi connectivity index (χ1v) is 7.78. The van der Waals surface area contributed by atoms with Crippen molar-refractivity contribution in [3.8, 4) is 0 Å². The molecule has 0 saturated carbocycles. The van der Waals surface area contributed by atoms with Crippen molar-refractivity contribution in [3.63, 3.8) is 0 Å². The number of hydrogen-bond donors (Lipinski definition) is 3. The highest BCUT2D eigenvalue weighted by Crippen LogP contribution is 2.03. The van der Waals surface area contributed by atoms with Crippen molar-refractivity contribution in [2.24, 2.45) is 5.73 Å². The Bertz CT molecular complexity index is 794. The molecule has 0 aliphatic rings. The lowest BCUT2D eigenvalue weighted by molar-refractivity contribution is -0.122. The Morgan fingerprint density at radius 1 is 1.35 bits per heavy atom. The molecule has 0 bridgehead atoms. The maximum Gasteiger partial charge on any atom is 0.329 e. The molecule has 7 heteroatoms. The summed E-state index contributed by atoms with van der Waals surface area (Å²) in [5.74, 6) is -0.389. The van der Waals surface area contributed by atoms with Crippen molar-refractivity contribution in [1.82, 2.24) is 14.9 Å². The Kier molecular flexibility index (Phi) is 5.70. The number of aromatic nitrogens is 2. The van der Waals surface area contributed by atoms with Gasteiger partial charge >= 0.3 is 5.69 Å². The van der Waals surface area contributed by atoms with Crippen LogP contribution in [0.5, 0.6) is 0 Å². The van der Waals surface area contributed by atoms with Crippen LogP contribution in [0.15, 0.2) is 33.9 Å². The van der Waals surface area contributed by atoms with Crippen LogP contribution in [0.2, 0.25) is 0 Å². The fourth-order valence-corrected chi connectivity index (χ4v) is 2.46. The number of nitrogens with zero attached hydrogens (tertiary/aromatic N) is 1. The van der Waals surface area contributed by atoms with E-state index in [1.807, 2.05) is 0 Å². The number of aromatic amines is 1. The first kappa shape index (κ1) is 17.0. The Labute approximate surface area is 133 Å². The van der Waals surface area contributed by atoms with E-state index in [1.54, 1.807) is 24.3 Å². The second-order valence-electron chi connectivity index (χ2n) is 5.51. The monoisotopic (exact) mass is 318 g/mol. The highest BCUT2D eigenvalue weighted by Gasteiger charge is 2.14. The normalized spacial score (nSPS) is 12.3. The summed E-state index contributed by atoms with van der Waals surface area (Å²) in [6, 6.07) is 6.57. The summed E-state index contributed by atoms with van der Waals surface area (Å²) in [7, 11) is 0. The van der Waals surface area contributed by atoms with Gasteiger partial charge in [-0.2, -0.15) is 0 Å². The van der Waals surface area contributed by atoms with Gasteiger partial charge in [0.1, 0.15) is 6.54 Å². The predicted octanol–water partition coefficient (Wildman–Crippen LogP) is 0.324. The quantitative estimate of drug-likeness (QED) is 0.683. The number of carbonyl (C=O) groups excluding carboxylic acids is 1. The van der Waals surface area contributed by atoms with Crippen LogP contribution < -0.4 is 22.3 Å². The van der Waals surface area contributed by atoms with Crippen molar-refractivity contribution in [2.45, 2.75) is 38.8 Å². The van der Waals surface area contributed by atoms with Gasteiger partial charge in [0.15, 0.2) is 0 Å². The number of para-hydroxylation sites is 1. The molecule has 1 atom stereocenters. The molecular formula is C16H22N4O3. The van der Waals surface area contributed by atoms with E-state index in [9.17, 15) is 14.4 Å². The highest BCUT2D eigenvalue weighted by molar-refractivity contribution is 5.79. The Hall–Kier alpha value is -2.41. The fourth-order valence-electron chi connectivity index (χ4n) is 2.46. The van der Waals surface area contributed by atoms with E-state index in [0.29, 0.717) is 17.4 Å². The zero-order valence-electron chi connectivity index (χ0n) is 13.2. The molecule has 1 aromatic heterocycles. The smallest absolute Gasteiger partial charge is 0.329 e. The summed E-state index contributed by atoms with van der Waals surface area (Å²) in [4.78, 5) is 39.1. The van der Waals surface area contributed by atoms with Crippen molar-refractivity contribution >= 4 is 16.8 Å². The molecule has 1 aromatic carbocycles. The van der Waals surface area contributed by atoms with Crippen molar-refractivity contribution in [2.75, 3.05) is 6.54 Å². The van der Waals surface area contributed by atoms with E-state index in [1.165, 1.54) is 0 Å². The fraction of sp³-hybridized carbons (Fsp3) is 0.438. The van der Waals surface area contributed by atoms with Gasteiger partial charge in [-0.05, 0) is 18.6 Å². The van der Waals surface area contributed by atoms with E-state index in [4.69, 9.17) is 5.73 Å². The van der Waals surface area contributed by atoms with Crippen LogP contribution in [-0.4, -0.2) is 28.0 Å². The Morgan fingerprint density at radius 3 is 2.78 bits per heavy atom. The third-order valence-electron chi connectivity index (χ3n) is 3.75. The Balaban J connectivity index is 2.19. The molecule has 0 aliphatic heterocycles. The van der Waals surface area contributed by atoms with E-state index in [0.717, 1.165) is 23.8 Å². The largest absolute Gasteiger partial charge is 0.351 e. The van der Waals surface area contributed by atoms with Gasteiger partial charge in [0, 0.05) is 12.6 Å². The first-order chi connectivity index (χ1) is 11.1. The number of rotatable bonds is 7. The number of unbranched alkanes of at least 4 members (excludes halogenated alkanes) is 1. The molecule has 1 amide bonds. The summed E-state index contributed by atoms with van der Waals surface area (Å²) in [6.07, 6.45) is 2.75. The molecule has 0 aliphatic carbocycles. The third-order valence-corrected chi connectivity index (χ3v) is 3.75. The molecule has 23 heavy (non-hydrogen) atoms. The average molecular weight is 318 g/mol. The molecule has 2 rings (SSSR count). The molecule has 7 nitrogen and oxygen atoms in total. The number of fused-ring (bicyclic) bond motifs is 1. The minimum atomic E-state index is -0.596. The molecule has 4 N–H and O–H groups in total. The minimum absolute atomic E-state index is 0.141. The second kappa shape index (κ2) is 7.73. The first-order valence-electron chi connectivity index (χ1n) is 7.78. The van der Waals surface area contributed by atoms with Crippen LogP contribution in [0.3, 0.4) is 0 Å². The maximum atomic E-state index is 12.4. The van der Waals surface area contributed by atoms with Gasteiger partial charge < -0.3 is 16.0 Å². The number of nitrogens with two attached hydrogens (primary N) is 1. The molecule has 0 radical (unpaired) electrons. The molecule has 0 spiro atoms. The number of benzene rings is 1. The van der Waals surface area contributed by atoms with Crippen molar-refractivity contribution in [1.29, 1.82) is 0 Å². The maximum absolute atomic E-state index is 12.4. The van der Waals surface area contributed by atoms with Crippen LogP contribution in [0.25, 0.3) is 10.9 Å². The number of nitrogens with one attached hydrogen (secondary N) is 2. The molecule has 124 valence electrons. The van der Waals surface area contributed by atoms with Gasteiger partial charge in [-0.1, -0.05) is 31.9 Å². The lowest BCUT2D eigenvalue weighted by Crippen LogP contribution is -2.45. The van der Waals surface area contributed by atoms with Crippen molar-refractivity contribution in [3.05, 3.63) is 45.1 Å². The SMILES string of the molecule is CCCCC(CN)NC(=O)Cn1c(=O)[nH]c2ccccc2c1=O. The molecule has 1 heterocycles. The average Bonchev–Trinajstić information content (AvgIpc) is 2.55. The van der Waals surface area contributed by atoms with Crippen LogP contribution in [-0.2, 0) is 11.3 Å². The minimum Gasteiger partial charge on any atom is -0.351 e. The van der Waals surface area contributed by atoms with Crippen molar-refractivity contribution < 1.29 is 4.79 Å². The van der Waals surface area contributed by atoms with Gasteiger partial charge in [0.2, 0.25) is 5.91 Å². The number of carbonyl (C=O) groups is 1. The van der Waals surface area contributed by atoms with Gasteiger partial charge in [0.25, 0.3) is 5.56 Å². The standard InChI is InChI=1S/C16H22N4O3/c1-2-3-6-11(9-17)18-14(21)10-20-15(22)12-7-4-5-8-13(12)19-16(20)23/h4-5,7-8,11H,2-3,6,9-10,17H2,1H3,(H,18,21)(H,19,23). The second-order valence-corrected chi connectivity index (χ2v) is 5.51. The predicted molar refractivity (Wildman–Crippen MR) is 89.3 cm³/mol. The Morgan fingerprint density at radius 2 is 2.09 bits per heavy atom. The van der Waals surface area contributed by atoms with Gasteiger partial charge in [-0.3, -0.25) is 14.2 Å². The third kappa shape index (κ3) is 4.07. The molecule has 0 saturated heterocycles. The molecule has 1 unspecified atom stereocenters. The lowest BCUT2D eigenvalue weighted by atomic mass is 10.1. The van der Waals surface area contributed by atoms with Crippen LogP contribution >= 0.6 is 0 Å². The zero-order chi connectivity index (χ0) is 16.8. The summed E-state index contributed by atoms with van der Waals surface area (Å²) < 4.78 is 0.908. The molecule has 0 fully saturated rings. The van der Waals surface area contributed by atoms with Gasteiger partial charge in [0.05, 0.1) is 10.9 Å². The summed E-state index contributed by atoms with van der Waals surface area (Å²) in [5, 5.41) is 3.15. The van der Waals surface area contributed by atoms with Gasteiger partial charge in [-0.25, -0.2) is 4.79 Å². The number of hydrogen-bond acceptors (Lipinski definition) is 4. The lowest BCUT2D eigenvalue weighted by Gasteiger charge is -2.16. The van der Waals surface area contributed by atoms with Crippen LogP contribution in [0.4, 0.5) is 0 Å². The molecular weight excluding hydrogens is 296 g/mol.